The minimum absolute atomic E-state index is 0.0665. The molecule has 10 atom stereocenters. The second kappa shape index (κ2) is 7.38. The first-order valence-corrected chi connectivity index (χ1v) is 14.5. The van der Waals surface area contributed by atoms with E-state index in [9.17, 15) is 4.79 Å². The van der Waals surface area contributed by atoms with Crippen LogP contribution in [0.2, 0.25) is 0 Å². The lowest BCUT2D eigenvalue weighted by atomic mass is 9.30. The van der Waals surface area contributed by atoms with Crippen molar-refractivity contribution in [2.75, 3.05) is 0 Å². The Kier molecular flexibility index (Phi) is 5.40. The van der Waals surface area contributed by atoms with E-state index in [1.165, 1.54) is 57.8 Å². The Bertz CT molecular complexity index is 887. The average molecular weight is 469 g/mol. The van der Waals surface area contributed by atoms with Crippen LogP contribution < -0.4 is 0 Å². The highest BCUT2D eigenvalue weighted by molar-refractivity contribution is 5.66. The molecule has 2 nitrogen and oxygen atoms in total. The molecule has 2 heteroatoms. The predicted molar refractivity (Wildman–Crippen MR) is 140 cm³/mol. The highest BCUT2D eigenvalue weighted by Gasteiger charge is 2.70. The molecule has 0 aromatic heterocycles. The topological polar surface area (TPSA) is 26.3 Å². The van der Waals surface area contributed by atoms with Crippen molar-refractivity contribution >= 4 is 5.97 Å². The first kappa shape index (κ1) is 24.9. The van der Waals surface area contributed by atoms with Gasteiger partial charge in [-0.05, 0) is 114 Å². The van der Waals surface area contributed by atoms with E-state index in [2.05, 4.69) is 67.5 Å². The van der Waals surface area contributed by atoms with Crippen molar-refractivity contribution in [1.29, 1.82) is 0 Å². The van der Waals surface area contributed by atoms with Gasteiger partial charge in [0.25, 0.3) is 0 Å². The molecule has 34 heavy (non-hydrogen) atoms. The lowest BCUT2D eigenvalue weighted by Gasteiger charge is -2.74. The summed E-state index contributed by atoms with van der Waals surface area (Å²) in [6.07, 6.45) is 17.1. The van der Waals surface area contributed by atoms with Crippen LogP contribution in [0.15, 0.2) is 12.2 Å². The quantitative estimate of drug-likeness (QED) is 0.284. The lowest BCUT2D eigenvalue weighted by Crippen LogP contribution is -2.67. The smallest absolute Gasteiger partial charge is 0.303 e. The fourth-order valence-corrected chi connectivity index (χ4v) is 11.1. The summed E-state index contributed by atoms with van der Waals surface area (Å²) in [5.74, 6) is 2.45. The molecule has 0 radical (unpaired) electrons. The minimum atomic E-state index is -0.148. The molecule has 0 amide bonds. The van der Waals surface area contributed by atoms with Crippen LogP contribution in [0, 0.1) is 56.2 Å². The fourth-order valence-electron chi connectivity index (χ4n) is 11.1. The van der Waals surface area contributed by atoms with Crippen LogP contribution in [0.4, 0.5) is 0 Å². The van der Waals surface area contributed by atoms with Gasteiger partial charge < -0.3 is 4.74 Å². The SMILES string of the molecule is CC(=O)O[C@H]1C=C[C@@H]2[C@](C)(CC[C@H]3[C@@]2(C)CC[C@@]2(C)[C@@H]4CC(C)(C)CC[C@]4(C)CC[C@]32C)[C@H]1C. The molecular weight excluding hydrogens is 416 g/mol. The maximum absolute atomic E-state index is 11.8. The van der Waals surface area contributed by atoms with Crippen molar-refractivity contribution in [2.24, 2.45) is 56.2 Å². The highest BCUT2D eigenvalue weighted by atomic mass is 16.5. The van der Waals surface area contributed by atoms with E-state index >= 15 is 0 Å². The largest absolute Gasteiger partial charge is 0.458 e. The Balaban J connectivity index is 1.52. The van der Waals surface area contributed by atoms with Gasteiger partial charge in [0.15, 0.2) is 0 Å². The molecule has 0 aromatic rings. The molecule has 192 valence electrons. The van der Waals surface area contributed by atoms with E-state index in [-0.39, 0.29) is 17.5 Å². The molecule has 0 aliphatic heterocycles. The summed E-state index contributed by atoms with van der Waals surface area (Å²) in [4.78, 5) is 11.8. The summed E-state index contributed by atoms with van der Waals surface area (Å²) in [6.45, 7) is 22.3. The van der Waals surface area contributed by atoms with Gasteiger partial charge in [0.05, 0.1) is 0 Å². The van der Waals surface area contributed by atoms with Crippen molar-refractivity contribution < 1.29 is 9.53 Å². The van der Waals surface area contributed by atoms with Crippen molar-refractivity contribution in [3.05, 3.63) is 12.2 Å². The molecule has 5 aliphatic rings. The molecule has 4 fully saturated rings. The number of rotatable bonds is 1. The summed E-state index contributed by atoms with van der Waals surface area (Å²) >= 11 is 0. The Morgan fingerprint density at radius 3 is 2.06 bits per heavy atom. The number of esters is 1. The Hall–Kier alpha value is -0.790. The van der Waals surface area contributed by atoms with E-state index < -0.39 is 0 Å². The second-order valence-corrected chi connectivity index (χ2v) is 15.7. The highest BCUT2D eigenvalue weighted by Crippen LogP contribution is 2.78. The molecule has 0 bridgehead atoms. The van der Waals surface area contributed by atoms with E-state index in [1.807, 2.05) is 0 Å². The number of allylic oxidation sites excluding steroid dienone is 1. The zero-order valence-corrected chi connectivity index (χ0v) is 23.7. The normalized spacial score (nSPS) is 55.9. The summed E-state index contributed by atoms with van der Waals surface area (Å²) < 4.78 is 5.77. The predicted octanol–water partition coefficient (Wildman–Crippen LogP) is 8.60. The number of fused-ring (bicyclic) bond motifs is 7. The van der Waals surface area contributed by atoms with Gasteiger partial charge >= 0.3 is 5.97 Å². The Labute approximate surface area is 210 Å². The van der Waals surface area contributed by atoms with E-state index in [1.54, 1.807) is 6.92 Å². The molecule has 0 unspecified atom stereocenters. The van der Waals surface area contributed by atoms with E-state index in [0.29, 0.717) is 38.9 Å². The molecule has 0 spiro atoms. The molecule has 4 saturated carbocycles. The number of carbonyl (C=O) groups excluding carboxylic acids is 1. The van der Waals surface area contributed by atoms with Crippen LogP contribution >= 0.6 is 0 Å². The first-order chi connectivity index (χ1) is 15.6. The molecule has 0 N–H and O–H groups in total. The van der Waals surface area contributed by atoms with Gasteiger partial charge in [-0.3, -0.25) is 4.79 Å². The van der Waals surface area contributed by atoms with Crippen molar-refractivity contribution in [1.82, 2.24) is 0 Å². The van der Waals surface area contributed by atoms with E-state index in [0.717, 1.165) is 11.8 Å². The van der Waals surface area contributed by atoms with Gasteiger partial charge in [0.2, 0.25) is 0 Å². The Morgan fingerprint density at radius 1 is 0.765 bits per heavy atom. The summed E-state index contributed by atoms with van der Waals surface area (Å²) in [6, 6.07) is 0. The van der Waals surface area contributed by atoms with Gasteiger partial charge in [-0.2, -0.15) is 0 Å². The van der Waals surface area contributed by atoms with Crippen molar-refractivity contribution in [3.8, 4) is 0 Å². The minimum Gasteiger partial charge on any atom is -0.458 e. The summed E-state index contributed by atoms with van der Waals surface area (Å²) in [5, 5.41) is 0. The third-order valence-corrected chi connectivity index (χ3v) is 13.7. The first-order valence-electron chi connectivity index (χ1n) is 14.5. The van der Waals surface area contributed by atoms with Crippen LogP contribution in [-0.4, -0.2) is 12.1 Å². The monoisotopic (exact) mass is 468 g/mol. The molecular formula is C32H52O2. The summed E-state index contributed by atoms with van der Waals surface area (Å²) in [5.41, 5.74) is 2.44. The molecule has 0 saturated heterocycles. The van der Waals surface area contributed by atoms with Gasteiger partial charge in [0.1, 0.15) is 6.10 Å². The number of carbonyl (C=O) groups is 1. The van der Waals surface area contributed by atoms with Gasteiger partial charge in [0, 0.05) is 12.8 Å². The van der Waals surface area contributed by atoms with Gasteiger partial charge in [-0.15, -0.1) is 0 Å². The molecule has 5 rings (SSSR count). The zero-order valence-electron chi connectivity index (χ0n) is 23.7. The fraction of sp³-hybridized carbons (Fsp3) is 0.906. The van der Waals surface area contributed by atoms with Crippen molar-refractivity contribution in [3.63, 3.8) is 0 Å². The van der Waals surface area contributed by atoms with Crippen LogP contribution in [0.25, 0.3) is 0 Å². The molecule has 0 aromatic carbocycles. The van der Waals surface area contributed by atoms with Crippen LogP contribution in [0.1, 0.15) is 120 Å². The zero-order chi connectivity index (χ0) is 24.9. The number of hydrogen-bond acceptors (Lipinski definition) is 2. The number of hydrogen-bond donors (Lipinski definition) is 0. The van der Waals surface area contributed by atoms with Crippen molar-refractivity contribution in [2.45, 2.75) is 126 Å². The Morgan fingerprint density at radius 2 is 1.38 bits per heavy atom. The lowest BCUT2D eigenvalue weighted by molar-refractivity contribution is -0.251. The maximum atomic E-state index is 11.8. The van der Waals surface area contributed by atoms with Crippen LogP contribution in [-0.2, 0) is 9.53 Å². The molecule has 5 aliphatic carbocycles. The number of ether oxygens (including phenoxy) is 1. The average Bonchev–Trinajstić information content (AvgIpc) is 2.74. The standard InChI is InChI=1S/C32H52O2/c1-21-23(34-22(2)33)10-11-24-29(21,6)13-12-25-30(24,7)17-19-32(9)26-20-27(3,4)14-15-28(26,5)16-18-31(25,32)8/h10-11,21,23-26H,12-20H2,1-9H3/t21-,23-,24+,25-,26+,28+,29+,30-,31+,32-/m0/s1. The van der Waals surface area contributed by atoms with Crippen LogP contribution in [0.3, 0.4) is 0 Å². The van der Waals surface area contributed by atoms with Gasteiger partial charge in [-0.1, -0.05) is 61.5 Å². The third kappa shape index (κ3) is 3.14. The van der Waals surface area contributed by atoms with Gasteiger partial charge in [-0.25, -0.2) is 0 Å². The second-order valence-electron chi connectivity index (χ2n) is 15.7. The van der Waals surface area contributed by atoms with E-state index in [4.69, 9.17) is 4.74 Å². The maximum Gasteiger partial charge on any atom is 0.303 e. The van der Waals surface area contributed by atoms with Crippen LogP contribution in [0.5, 0.6) is 0 Å². The summed E-state index contributed by atoms with van der Waals surface area (Å²) in [7, 11) is 0. The molecule has 0 heterocycles. The third-order valence-electron chi connectivity index (χ3n) is 13.7.